The predicted octanol–water partition coefficient (Wildman–Crippen LogP) is 2.40. The highest BCUT2D eigenvalue weighted by Gasteiger charge is 2.45. The van der Waals surface area contributed by atoms with Gasteiger partial charge in [-0.3, -0.25) is 9.59 Å². The van der Waals surface area contributed by atoms with Gasteiger partial charge in [0, 0.05) is 13.0 Å². The van der Waals surface area contributed by atoms with Crippen LogP contribution >= 0.6 is 0 Å². The summed E-state index contributed by atoms with van der Waals surface area (Å²) >= 11 is 0. The van der Waals surface area contributed by atoms with Crippen molar-refractivity contribution >= 4 is 11.9 Å². The molecule has 4 nitrogen and oxygen atoms in total. The van der Waals surface area contributed by atoms with Crippen LogP contribution in [-0.4, -0.2) is 23.5 Å². The zero-order valence-electron chi connectivity index (χ0n) is 11.8. The van der Waals surface area contributed by atoms with Crippen molar-refractivity contribution in [2.45, 2.75) is 44.4 Å². The zero-order valence-corrected chi connectivity index (χ0v) is 11.8. The molecule has 0 aromatic heterocycles. The fourth-order valence-electron chi connectivity index (χ4n) is 2.87. The number of carbonyl (C=O) groups excluding carboxylic acids is 1. The maximum absolute atomic E-state index is 12.5. The minimum atomic E-state index is -0.823. The molecule has 1 aromatic rings. The van der Waals surface area contributed by atoms with Crippen LogP contribution in [0.4, 0.5) is 0 Å². The molecule has 2 rings (SSSR count). The average molecular weight is 275 g/mol. The normalized spacial score (nSPS) is 16.2. The quantitative estimate of drug-likeness (QED) is 0.783. The second kappa shape index (κ2) is 6.07. The standard InChI is InChI=1S/C16H21NO3/c1-12-6-2-3-7-13(12)16(9-5-10-16)15(20)17-11-4-8-14(18)19/h2-3,6-7H,4-5,8-11H2,1H3,(H,17,20)(H,18,19). The summed E-state index contributed by atoms with van der Waals surface area (Å²) in [7, 11) is 0. The Labute approximate surface area is 119 Å². The Morgan fingerprint density at radius 1 is 1.30 bits per heavy atom. The van der Waals surface area contributed by atoms with E-state index in [0.717, 1.165) is 30.4 Å². The maximum atomic E-state index is 12.5. The molecule has 1 aromatic carbocycles. The second-order valence-corrected chi connectivity index (χ2v) is 5.50. The van der Waals surface area contributed by atoms with Crippen LogP contribution in [0, 0.1) is 6.92 Å². The molecule has 0 bridgehead atoms. The largest absolute Gasteiger partial charge is 0.481 e. The van der Waals surface area contributed by atoms with Crippen molar-refractivity contribution in [1.82, 2.24) is 5.32 Å². The lowest BCUT2D eigenvalue weighted by atomic mass is 9.63. The summed E-state index contributed by atoms with van der Waals surface area (Å²) in [5.74, 6) is -0.778. The van der Waals surface area contributed by atoms with Gasteiger partial charge in [-0.1, -0.05) is 30.7 Å². The van der Waals surface area contributed by atoms with Gasteiger partial charge >= 0.3 is 5.97 Å². The minimum Gasteiger partial charge on any atom is -0.481 e. The van der Waals surface area contributed by atoms with E-state index in [1.807, 2.05) is 31.2 Å². The van der Waals surface area contributed by atoms with Crippen molar-refractivity contribution in [1.29, 1.82) is 0 Å². The van der Waals surface area contributed by atoms with Gasteiger partial charge in [-0.2, -0.15) is 0 Å². The first-order valence-corrected chi connectivity index (χ1v) is 7.12. The monoisotopic (exact) mass is 275 g/mol. The van der Waals surface area contributed by atoms with E-state index in [0.29, 0.717) is 13.0 Å². The van der Waals surface area contributed by atoms with E-state index in [-0.39, 0.29) is 12.3 Å². The highest BCUT2D eigenvalue weighted by molar-refractivity contribution is 5.89. The molecule has 2 N–H and O–H groups in total. The highest BCUT2D eigenvalue weighted by atomic mass is 16.4. The lowest BCUT2D eigenvalue weighted by Crippen LogP contribution is -2.49. The van der Waals surface area contributed by atoms with Crippen molar-refractivity contribution < 1.29 is 14.7 Å². The highest BCUT2D eigenvalue weighted by Crippen LogP contribution is 2.45. The van der Waals surface area contributed by atoms with Crippen molar-refractivity contribution in [3.63, 3.8) is 0 Å². The fourth-order valence-corrected chi connectivity index (χ4v) is 2.87. The van der Waals surface area contributed by atoms with Crippen LogP contribution in [0.1, 0.15) is 43.2 Å². The van der Waals surface area contributed by atoms with Crippen LogP contribution in [0.15, 0.2) is 24.3 Å². The van der Waals surface area contributed by atoms with Gasteiger partial charge in [0.05, 0.1) is 5.41 Å². The van der Waals surface area contributed by atoms with Gasteiger partial charge in [0.1, 0.15) is 0 Å². The van der Waals surface area contributed by atoms with E-state index in [2.05, 4.69) is 5.32 Å². The summed E-state index contributed by atoms with van der Waals surface area (Å²) in [4.78, 5) is 22.9. The number of carboxylic acids is 1. The molecule has 0 unspecified atom stereocenters. The molecule has 0 spiro atoms. The van der Waals surface area contributed by atoms with Crippen molar-refractivity contribution in [2.75, 3.05) is 6.54 Å². The predicted molar refractivity (Wildman–Crippen MR) is 76.6 cm³/mol. The Bertz CT molecular complexity index is 506. The van der Waals surface area contributed by atoms with E-state index < -0.39 is 11.4 Å². The van der Waals surface area contributed by atoms with Gasteiger partial charge < -0.3 is 10.4 Å². The number of rotatable bonds is 6. The Kier molecular flexibility index (Phi) is 4.42. The summed E-state index contributed by atoms with van der Waals surface area (Å²) in [6.07, 6.45) is 3.39. The first-order valence-electron chi connectivity index (χ1n) is 7.12. The number of carboxylic acid groups (broad SMARTS) is 1. The minimum absolute atomic E-state index is 0.0449. The van der Waals surface area contributed by atoms with E-state index in [1.54, 1.807) is 0 Å². The van der Waals surface area contributed by atoms with Crippen LogP contribution in [0.3, 0.4) is 0 Å². The number of benzene rings is 1. The van der Waals surface area contributed by atoms with Gasteiger partial charge in [-0.15, -0.1) is 0 Å². The van der Waals surface area contributed by atoms with Crippen LogP contribution in [0.5, 0.6) is 0 Å². The summed E-state index contributed by atoms with van der Waals surface area (Å²) in [6, 6.07) is 8.02. The Morgan fingerprint density at radius 3 is 2.55 bits per heavy atom. The molecule has 1 aliphatic rings. The summed E-state index contributed by atoms with van der Waals surface area (Å²) < 4.78 is 0. The van der Waals surface area contributed by atoms with E-state index in [4.69, 9.17) is 5.11 Å². The molecule has 20 heavy (non-hydrogen) atoms. The summed E-state index contributed by atoms with van der Waals surface area (Å²) in [5.41, 5.74) is 1.86. The lowest BCUT2D eigenvalue weighted by molar-refractivity contribution is -0.137. The van der Waals surface area contributed by atoms with Gasteiger partial charge in [-0.25, -0.2) is 0 Å². The number of aliphatic carboxylic acids is 1. The van der Waals surface area contributed by atoms with Gasteiger partial charge in [0.15, 0.2) is 0 Å². The molecular weight excluding hydrogens is 254 g/mol. The molecule has 0 aliphatic heterocycles. The van der Waals surface area contributed by atoms with Crippen molar-refractivity contribution in [3.05, 3.63) is 35.4 Å². The zero-order chi connectivity index (χ0) is 14.6. The number of amides is 1. The molecule has 0 radical (unpaired) electrons. The van der Waals surface area contributed by atoms with Crippen LogP contribution in [0.25, 0.3) is 0 Å². The molecule has 1 amide bonds. The van der Waals surface area contributed by atoms with Gasteiger partial charge in [0.25, 0.3) is 0 Å². The average Bonchev–Trinajstić information content (AvgIpc) is 2.35. The number of nitrogens with one attached hydrogen (secondary N) is 1. The lowest BCUT2D eigenvalue weighted by Gasteiger charge is -2.41. The number of carbonyl (C=O) groups is 2. The third-order valence-electron chi connectivity index (χ3n) is 4.16. The molecule has 0 atom stereocenters. The van der Waals surface area contributed by atoms with Crippen molar-refractivity contribution in [2.24, 2.45) is 0 Å². The third kappa shape index (κ3) is 2.84. The van der Waals surface area contributed by atoms with Crippen LogP contribution in [-0.2, 0) is 15.0 Å². The third-order valence-corrected chi connectivity index (χ3v) is 4.16. The Morgan fingerprint density at radius 2 is 2.00 bits per heavy atom. The van der Waals surface area contributed by atoms with Gasteiger partial charge in [0.2, 0.25) is 5.91 Å². The topological polar surface area (TPSA) is 66.4 Å². The first-order chi connectivity index (χ1) is 9.56. The molecule has 1 saturated carbocycles. The number of hydrogen-bond donors (Lipinski definition) is 2. The van der Waals surface area contributed by atoms with Crippen LogP contribution in [0.2, 0.25) is 0 Å². The summed E-state index contributed by atoms with van der Waals surface area (Å²) in [6.45, 7) is 2.46. The Hall–Kier alpha value is -1.84. The fraction of sp³-hybridized carbons (Fsp3) is 0.500. The molecular formula is C16H21NO3. The first kappa shape index (κ1) is 14.6. The van der Waals surface area contributed by atoms with Crippen molar-refractivity contribution in [3.8, 4) is 0 Å². The SMILES string of the molecule is Cc1ccccc1C1(C(=O)NCCCC(=O)O)CCC1. The van der Waals surface area contributed by atoms with E-state index in [1.165, 1.54) is 0 Å². The van der Waals surface area contributed by atoms with E-state index >= 15 is 0 Å². The molecule has 4 heteroatoms. The Balaban J connectivity index is 2.02. The second-order valence-electron chi connectivity index (χ2n) is 5.50. The maximum Gasteiger partial charge on any atom is 0.303 e. The molecule has 0 heterocycles. The smallest absolute Gasteiger partial charge is 0.303 e. The van der Waals surface area contributed by atoms with Crippen LogP contribution < -0.4 is 5.32 Å². The van der Waals surface area contributed by atoms with Gasteiger partial charge in [-0.05, 0) is 37.3 Å². The molecule has 0 saturated heterocycles. The molecule has 1 aliphatic carbocycles. The number of hydrogen-bond acceptors (Lipinski definition) is 2. The number of aryl methyl sites for hydroxylation is 1. The molecule has 1 fully saturated rings. The summed E-state index contributed by atoms with van der Waals surface area (Å²) in [5, 5.41) is 11.5. The van der Waals surface area contributed by atoms with E-state index in [9.17, 15) is 9.59 Å². The molecule has 108 valence electrons.